The number of hydrogen-bond acceptors (Lipinski definition) is 3. The molecule has 3 nitrogen and oxygen atoms in total. The van der Waals surface area contributed by atoms with E-state index in [4.69, 9.17) is 9.47 Å². The van der Waals surface area contributed by atoms with Crippen LogP contribution in [0.25, 0.3) is 0 Å². The topological polar surface area (TPSA) is 38.7 Å². The summed E-state index contributed by atoms with van der Waals surface area (Å²) in [6, 6.07) is 0. The molecule has 0 aromatic carbocycles. The molecule has 24 heavy (non-hydrogen) atoms. The van der Waals surface area contributed by atoms with Crippen LogP contribution in [0.1, 0.15) is 73.1 Å². The first-order valence-corrected chi connectivity index (χ1v) is 17.6. The average Bonchev–Trinajstić information content (AvgIpc) is 3.02. The fourth-order valence-corrected chi connectivity index (χ4v) is 21.8. The SMILES string of the molecule is CCC[CH2][Sn]([CH2]CCC)([CH2]CCC)[C]1=C[C@H](O)[C@@H]2OC(C)(C)O[C@H]12. The van der Waals surface area contributed by atoms with Crippen LogP contribution in [0.2, 0.25) is 13.3 Å². The zero-order chi connectivity index (χ0) is 17.8. The van der Waals surface area contributed by atoms with Gasteiger partial charge in [0.05, 0.1) is 0 Å². The molecule has 3 atom stereocenters. The minimum atomic E-state index is -2.54. The van der Waals surface area contributed by atoms with Crippen LogP contribution in [0, 0.1) is 0 Å². The molecule has 0 amide bonds. The van der Waals surface area contributed by atoms with Gasteiger partial charge in [-0.25, -0.2) is 0 Å². The molecule has 140 valence electrons. The zero-order valence-electron chi connectivity index (χ0n) is 16.4. The number of aliphatic hydroxyl groups excluding tert-OH is 1. The molecule has 1 heterocycles. The Morgan fingerprint density at radius 3 is 1.92 bits per heavy atom. The van der Waals surface area contributed by atoms with Gasteiger partial charge in [0.25, 0.3) is 0 Å². The van der Waals surface area contributed by atoms with E-state index in [1.165, 1.54) is 51.8 Å². The summed E-state index contributed by atoms with van der Waals surface area (Å²) in [4.78, 5) is 0. The van der Waals surface area contributed by atoms with E-state index < -0.39 is 30.3 Å². The van der Waals surface area contributed by atoms with Crippen LogP contribution in [0.15, 0.2) is 9.67 Å². The summed E-state index contributed by atoms with van der Waals surface area (Å²) >= 11 is -2.54. The van der Waals surface area contributed by atoms with Crippen molar-refractivity contribution in [1.82, 2.24) is 0 Å². The molecule has 0 unspecified atom stereocenters. The van der Waals surface area contributed by atoms with Crippen molar-refractivity contribution < 1.29 is 14.6 Å². The molecule has 0 spiro atoms. The van der Waals surface area contributed by atoms with E-state index >= 15 is 0 Å². The van der Waals surface area contributed by atoms with Gasteiger partial charge in [-0.05, 0) is 0 Å². The maximum atomic E-state index is 10.6. The molecule has 0 aromatic rings. The van der Waals surface area contributed by atoms with Gasteiger partial charge in [-0.2, -0.15) is 0 Å². The van der Waals surface area contributed by atoms with Crippen molar-refractivity contribution in [2.45, 2.75) is 111 Å². The molecule has 0 radical (unpaired) electrons. The van der Waals surface area contributed by atoms with E-state index in [2.05, 4.69) is 26.8 Å². The van der Waals surface area contributed by atoms with E-state index in [1.807, 2.05) is 13.8 Å². The normalized spacial score (nSPS) is 28.9. The van der Waals surface area contributed by atoms with Crippen molar-refractivity contribution in [1.29, 1.82) is 0 Å². The van der Waals surface area contributed by atoms with Gasteiger partial charge in [0.15, 0.2) is 0 Å². The third kappa shape index (κ3) is 4.57. The molecule has 1 aliphatic heterocycles. The Labute approximate surface area is 153 Å². The van der Waals surface area contributed by atoms with Gasteiger partial charge in [0.1, 0.15) is 0 Å². The third-order valence-electron chi connectivity index (χ3n) is 5.76. The molecular formula is C20H38O3Sn. The van der Waals surface area contributed by atoms with Crippen LogP contribution in [-0.4, -0.2) is 47.6 Å². The van der Waals surface area contributed by atoms with Crippen LogP contribution >= 0.6 is 0 Å². The first kappa shape index (κ1) is 20.7. The Morgan fingerprint density at radius 2 is 1.46 bits per heavy atom. The summed E-state index contributed by atoms with van der Waals surface area (Å²) in [5, 5.41) is 10.6. The van der Waals surface area contributed by atoms with Gasteiger partial charge in [-0.3, -0.25) is 0 Å². The Bertz CT molecular complexity index is 411. The Kier molecular flexibility index (Phi) is 7.66. The Morgan fingerprint density at radius 1 is 0.958 bits per heavy atom. The molecule has 0 saturated carbocycles. The molecule has 4 heteroatoms. The monoisotopic (exact) mass is 446 g/mol. The van der Waals surface area contributed by atoms with Crippen molar-refractivity contribution in [2.24, 2.45) is 0 Å². The fourth-order valence-electron chi connectivity index (χ4n) is 4.49. The fraction of sp³-hybridized carbons (Fsp3) is 0.900. The number of ether oxygens (including phenoxy) is 2. The second-order valence-electron chi connectivity index (χ2n) is 8.22. The number of fused-ring (bicyclic) bond motifs is 1. The first-order chi connectivity index (χ1) is 11.4. The van der Waals surface area contributed by atoms with Gasteiger partial charge in [-0.1, -0.05) is 0 Å². The summed E-state index contributed by atoms with van der Waals surface area (Å²) in [5.74, 6) is -0.562. The van der Waals surface area contributed by atoms with E-state index in [9.17, 15) is 5.11 Å². The summed E-state index contributed by atoms with van der Waals surface area (Å²) in [5.41, 5.74) is 0. The van der Waals surface area contributed by atoms with Crippen LogP contribution in [0.4, 0.5) is 0 Å². The third-order valence-corrected chi connectivity index (χ3v) is 21.8. The number of rotatable bonds is 10. The number of aliphatic hydroxyl groups is 1. The molecule has 2 rings (SSSR count). The summed E-state index contributed by atoms with van der Waals surface area (Å²) in [6.45, 7) is 10.9. The van der Waals surface area contributed by atoms with Crippen LogP contribution < -0.4 is 0 Å². The van der Waals surface area contributed by atoms with E-state index in [-0.39, 0.29) is 12.2 Å². The predicted molar refractivity (Wildman–Crippen MR) is 103 cm³/mol. The van der Waals surface area contributed by atoms with Crippen molar-refractivity contribution in [3.05, 3.63) is 9.67 Å². The van der Waals surface area contributed by atoms with Crippen LogP contribution in [0.5, 0.6) is 0 Å². The molecule has 2 aliphatic rings. The molecular weight excluding hydrogens is 407 g/mol. The molecule has 1 saturated heterocycles. The van der Waals surface area contributed by atoms with Crippen LogP contribution in [-0.2, 0) is 9.47 Å². The van der Waals surface area contributed by atoms with Gasteiger partial charge in [-0.15, -0.1) is 0 Å². The van der Waals surface area contributed by atoms with E-state index in [0.717, 1.165) is 0 Å². The molecule has 0 bridgehead atoms. The molecule has 1 aliphatic carbocycles. The second kappa shape index (κ2) is 8.87. The predicted octanol–water partition coefficient (Wildman–Crippen LogP) is 5.20. The van der Waals surface area contributed by atoms with Crippen LogP contribution in [0.3, 0.4) is 0 Å². The zero-order valence-corrected chi connectivity index (χ0v) is 19.3. The van der Waals surface area contributed by atoms with Crippen molar-refractivity contribution >= 4 is 18.4 Å². The summed E-state index contributed by atoms with van der Waals surface area (Å²) < 4.78 is 18.1. The van der Waals surface area contributed by atoms with Crippen molar-refractivity contribution in [2.75, 3.05) is 0 Å². The maximum absolute atomic E-state index is 10.6. The molecule has 1 fully saturated rings. The summed E-state index contributed by atoms with van der Waals surface area (Å²) in [7, 11) is 0. The standard InChI is InChI=1S/C8H11O3.3C4H9.Sn/c1-8(2)10-6-4-3-5(9)7(6)11-8;3*1-3-4-2;/h3,5-7,9H,1-2H3;3*1,3-4H2,2H3;/t5-,6+,7-;;;;/m0..../s1. The quantitative estimate of drug-likeness (QED) is 0.471. The number of unbranched alkanes of at least 4 members (excludes halogenated alkanes) is 3. The minimum absolute atomic E-state index is 0.0244. The van der Waals surface area contributed by atoms with Crippen molar-refractivity contribution in [3.8, 4) is 0 Å². The Hall–Kier alpha value is 0.419. The summed E-state index contributed by atoms with van der Waals surface area (Å²) in [6.07, 6.45) is 9.34. The van der Waals surface area contributed by atoms with Gasteiger partial charge in [0.2, 0.25) is 0 Å². The van der Waals surface area contributed by atoms with Crippen molar-refractivity contribution in [3.63, 3.8) is 0 Å². The molecule has 0 aromatic heterocycles. The van der Waals surface area contributed by atoms with Gasteiger partial charge < -0.3 is 0 Å². The molecule has 1 N–H and O–H groups in total. The second-order valence-corrected chi connectivity index (χ2v) is 21.5. The van der Waals surface area contributed by atoms with E-state index in [1.54, 1.807) is 3.59 Å². The average molecular weight is 445 g/mol. The number of hydrogen-bond donors (Lipinski definition) is 1. The first-order valence-electron chi connectivity index (χ1n) is 10.1. The Balaban J connectivity index is 2.31. The van der Waals surface area contributed by atoms with Gasteiger partial charge >= 0.3 is 153 Å². The van der Waals surface area contributed by atoms with E-state index in [0.29, 0.717) is 0 Å². The van der Waals surface area contributed by atoms with Gasteiger partial charge in [0, 0.05) is 0 Å².